The predicted molar refractivity (Wildman–Crippen MR) is 84.2 cm³/mol. The highest BCUT2D eigenvalue weighted by Gasteiger charge is 2.27. The van der Waals surface area contributed by atoms with E-state index in [2.05, 4.69) is 4.90 Å². The van der Waals surface area contributed by atoms with Crippen molar-refractivity contribution in [2.45, 2.75) is 26.8 Å². The minimum absolute atomic E-state index is 0.142. The molecule has 21 heavy (non-hydrogen) atoms. The van der Waals surface area contributed by atoms with Crippen molar-refractivity contribution in [3.05, 3.63) is 16.0 Å². The van der Waals surface area contributed by atoms with Crippen LogP contribution >= 0.6 is 11.3 Å². The number of carbonyl (C=O) groups excluding carboxylic acids is 2. The van der Waals surface area contributed by atoms with E-state index in [0.29, 0.717) is 30.1 Å². The molecule has 116 valence electrons. The van der Waals surface area contributed by atoms with E-state index >= 15 is 0 Å². The van der Waals surface area contributed by atoms with Gasteiger partial charge in [0.2, 0.25) is 5.91 Å². The van der Waals surface area contributed by atoms with Crippen LogP contribution in [0, 0.1) is 0 Å². The van der Waals surface area contributed by atoms with Gasteiger partial charge in [-0.1, -0.05) is 0 Å². The molecule has 0 fully saturated rings. The van der Waals surface area contributed by atoms with Gasteiger partial charge in [-0.3, -0.25) is 14.5 Å². The lowest BCUT2D eigenvalue weighted by atomic mass is 10.0. The number of carbonyl (C=O) groups is 2. The smallest absolute Gasteiger partial charge is 0.251 e. The Morgan fingerprint density at radius 3 is 2.57 bits per heavy atom. The molecule has 0 spiro atoms. The van der Waals surface area contributed by atoms with Gasteiger partial charge < -0.3 is 16.4 Å². The van der Waals surface area contributed by atoms with Gasteiger partial charge in [0.25, 0.3) is 5.91 Å². The van der Waals surface area contributed by atoms with Crippen molar-refractivity contribution >= 4 is 28.2 Å². The standard InChI is InChI=1S/C14H22N4O2S/c1-3-18(4-2)11(19)8-17-6-5-9-10(7-17)21-14(16)12(9)13(15)20/h3-8,16H2,1-2H3,(H2,15,20). The zero-order valence-corrected chi connectivity index (χ0v) is 13.3. The maximum atomic E-state index is 12.2. The molecule has 0 saturated heterocycles. The molecule has 1 aliphatic heterocycles. The molecule has 0 atom stereocenters. The van der Waals surface area contributed by atoms with E-state index in [4.69, 9.17) is 11.5 Å². The van der Waals surface area contributed by atoms with E-state index in [1.807, 2.05) is 18.7 Å². The summed E-state index contributed by atoms with van der Waals surface area (Å²) in [5.74, 6) is -0.319. The average Bonchev–Trinajstić information content (AvgIpc) is 2.75. The van der Waals surface area contributed by atoms with Crippen LogP contribution in [0.4, 0.5) is 5.00 Å². The van der Waals surface area contributed by atoms with Crippen LogP contribution < -0.4 is 11.5 Å². The second kappa shape index (κ2) is 6.44. The van der Waals surface area contributed by atoms with Gasteiger partial charge in [-0.05, 0) is 25.8 Å². The quantitative estimate of drug-likeness (QED) is 0.835. The Morgan fingerprint density at radius 1 is 1.33 bits per heavy atom. The third-order valence-electron chi connectivity index (χ3n) is 3.88. The molecular weight excluding hydrogens is 288 g/mol. The lowest BCUT2D eigenvalue weighted by Gasteiger charge is -2.29. The average molecular weight is 310 g/mol. The molecule has 7 heteroatoms. The highest BCUT2D eigenvalue weighted by molar-refractivity contribution is 7.16. The molecular formula is C14H22N4O2S. The van der Waals surface area contributed by atoms with Crippen molar-refractivity contribution in [2.24, 2.45) is 5.73 Å². The van der Waals surface area contributed by atoms with E-state index in [9.17, 15) is 9.59 Å². The summed E-state index contributed by atoms with van der Waals surface area (Å²) in [6, 6.07) is 0. The van der Waals surface area contributed by atoms with Crippen LogP contribution in [-0.4, -0.2) is 47.8 Å². The number of nitrogen functional groups attached to an aromatic ring is 1. The van der Waals surface area contributed by atoms with Crippen LogP contribution in [0.3, 0.4) is 0 Å². The first kappa shape index (κ1) is 15.8. The number of nitrogens with zero attached hydrogens (tertiary/aromatic N) is 2. The first-order valence-electron chi connectivity index (χ1n) is 7.17. The van der Waals surface area contributed by atoms with Gasteiger partial charge in [-0.15, -0.1) is 11.3 Å². The Bertz CT molecular complexity index is 551. The van der Waals surface area contributed by atoms with Crippen molar-refractivity contribution in [3.8, 4) is 0 Å². The zero-order valence-electron chi connectivity index (χ0n) is 12.5. The molecule has 0 aliphatic carbocycles. The SMILES string of the molecule is CCN(CC)C(=O)CN1CCc2c(sc(N)c2C(N)=O)C1. The van der Waals surface area contributed by atoms with Gasteiger partial charge in [-0.2, -0.15) is 0 Å². The number of likely N-dealkylation sites (N-methyl/N-ethyl adjacent to an activating group) is 1. The second-order valence-corrected chi connectivity index (χ2v) is 6.27. The summed E-state index contributed by atoms with van der Waals surface area (Å²) in [4.78, 5) is 28.6. The Hall–Kier alpha value is -1.60. The Balaban J connectivity index is 2.08. The number of fused-ring (bicyclic) bond motifs is 1. The summed E-state index contributed by atoms with van der Waals surface area (Å²) in [6.07, 6.45) is 0.715. The van der Waals surface area contributed by atoms with Crippen LogP contribution in [0.5, 0.6) is 0 Å². The van der Waals surface area contributed by atoms with E-state index in [-0.39, 0.29) is 5.91 Å². The topological polar surface area (TPSA) is 92.7 Å². The number of anilines is 1. The lowest BCUT2D eigenvalue weighted by molar-refractivity contribution is -0.132. The van der Waals surface area contributed by atoms with E-state index in [0.717, 1.165) is 30.1 Å². The molecule has 1 aromatic rings. The monoisotopic (exact) mass is 310 g/mol. The van der Waals surface area contributed by atoms with Crippen LogP contribution in [0.1, 0.15) is 34.6 Å². The summed E-state index contributed by atoms with van der Waals surface area (Å²) in [6.45, 7) is 7.23. The van der Waals surface area contributed by atoms with Crippen molar-refractivity contribution in [1.29, 1.82) is 0 Å². The van der Waals surface area contributed by atoms with Crippen molar-refractivity contribution in [2.75, 3.05) is 31.9 Å². The molecule has 0 unspecified atom stereocenters. The Kier molecular flexibility index (Phi) is 4.84. The number of hydrogen-bond donors (Lipinski definition) is 2. The second-order valence-electron chi connectivity index (χ2n) is 5.13. The normalized spacial score (nSPS) is 14.8. The molecule has 0 bridgehead atoms. The molecule has 2 heterocycles. The number of primary amides is 1. The summed E-state index contributed by atoms with van der Waals surface area (Å²) in [5, 5.41) is 0.490. The molecule has 0 saturated carbocycles. The van der Waals surface area contributed by atoms with Gasteiger partial charge in [0.15, 0.2) is 0 Å². The summed E-state index contributed by atoms with van der Waals surface area (Å²) < 4.78 is 0. The minimum Gasteiger partial charge on any atom is -0.390 e. The number of thiophene rings is 1. The van der Waals surface area contributed by atoms with Gasteiger partial charge in [0, 0.05) is 31.1 Å². The number of rotatable bonds is 5. The van der Waals surface area contributed by atoms with Crippen LogP contribution in [0.15, 0.2) is 0 Å². The van der Waals surface area contributed by atoms with Crippen molar-refractivity contribution in [1.82, 2.24) is 9.80 Å². The Morgan fingerprint density at radius 2 is 2.00 bits per heavy atom. The van der Waals surface area contributed by atoms with Gasteiger partial charge >= 0.3 is 0 Å². The van der Waals surface area contributed by atoms with Gasteiger partial charge in [0.05, 0.1) is 17.1 Å². The summed E-state index contributed by atoms with van der Waals surface area (Å²) in [7, 11) is 0. The van der Waals surface area contributed by atoms with Crippen LogP contribution in [-0.2, 0) is 17.8 Å². The van der Waals surface area contributed by atoms with E-state index < -0.39 is 5.91 Å². The third-order valence-corrected chi connectivity index (χ3v) is 4.93. The van der Waals surface area contributed by atoms with Crippen molar-refractivity contribution < 1.29 is 9.59 Å². The zero-order chi connectivity index (χ0) is 15.6. The molecule has 1 aliphatic rings. The maximum Gasteiger partial charge on any atom is 0.251 e. The summed E-state index contributed by atoms with van der Waals surface area (Å²) >= 11 is 1.41. The summed E-state index contributed by atoms with van der Waals surface area (Å²) in [5.41, 5.74) is 12.7. The minimum atomic E-state index is -0.460. The predicted octanol–water partition coefficient (Wildman–Crippen LogP) is 0.656. The first-order valence-corrected chi connectivity index (χ1v) is 7.99. The van der Waals surface area contributed by atoms with Gasteiger partial charge in [0.1, 0.15) is 0 Å². The fourth-order valence-corrected chi connectivity index (χ4v) is 3.92. The number of amides is 2. The van der Waals surface area contributed by atoms with E-state index in [1.54, 1.807) is 0 Å². The fraction of sp³-hybridized carbons (Fsp3) is 0.571. The van der Waals surface area contributed by atoms with Crippen LogP contribution in [0.2, 0.25) is 0 Å². The molecule has 2 rings (SSSR count). The highest BCUT2D eigenvalue weighted by atomic mass is 32.1. The van der Waals surface area contributed by atoms with Crippen LogP contribution in [0.25, 0.3) is 0 Å². The van der Waals surface area contributed by atoms with Crippen molar-refractivity contribution in [3.63, 3.8) is 0 Å². The van der Waals surface area contributed by atoms with Gasteiger partial charge in [-0.25, -0.2) is 0 Å². The molecule has 2 amide bonds. The Labute approximate surface area is 128 Å². The molecule has 4 N–H and O–H groups in total. The lowest BCUT2D eigenvalue weighted by Crippen LogP contribution is -2.42. The highest BCUT2D eigenvalue weighted by Crippen LogP contribution is 2.34. The first-order chi connectivity index (χ1) is 9.97. The fourth-order valence-electron chi connectivity index (χ4n) is 2.75. The molecule has 6 nitrogen and oxygen atoms in total. The maximum absolute atomic E-state index is 12.2. The van der Waals surface area contributed by atoms with E-state index in [1.165, 1.54) is 11.3 Å². The number of nitrogens with two attached hydrogens (primary N) is 2. The number of hydrogen-bond acceptors (Lipinski definition) is 5. The third kappa shape index (κ3) is 3.19. The largest absolute Gasteiger partial charge is 0.390 e. The molecule has 1 aromatic heterocycles. The molecule has 0 radical (unpaired) electrons. The molecule has 0 aromatic carbocycles.